The van der Waals surface area contributed by atoms with E-state index in [9.17, 15) is 0 Å². The first-order valence-corrected chi connectivity index (χ1v) is 8.40. The molecule has 0 spiro atoms. The largest absolute Gasteiger partial charge is 0.494 e. The van der Waals surface area contributed by atoms with Gasteiger partial charge in [-0.25, -0.2) is 15.0 Å². The lowest BCUT2D eigenvalue weighted by atomic mass is 10.1. The number of aryl methyl sites for hydroxylation is 1. The fourth-order valence-electron chi connectivity index (χ4n) is 3.00. The maximum Gasteiger partial charge on any atom is 0.184 e. The van der Waals surface area contributed by atoms with Crippen LogP contribution in [0, 0.1) is 0 Å². The number of pyridine rings is 1. The van der Waals surface area contributed by atoms with Gasteiger partial charge in [0, 0.05) is 31.9 Å². The molecule has 1 aliphatic heterocycles. The predicted octanol–water partition coefficient (Wildman–Crippen LogP) is 3.06. The third kappa shape index (κ3) is 2.93. The van der Waals surface area contributed by atoms with Crippen LogP contribution in [0.15, 0.2) is 30.6 Å². The summed E-state index contributed by atoms with van der Waals surface area (Å²) < 4.78 is 7.32. The van der Waals surface area contributed by atoms with Gasteiger partial charge in [0.15, 0.2) is 11.6 Å². The van der Waals surface area contributed by atoms with Gasteiger partial charge < -0.3 is 15.5 Å². The number of nitrogens with zero attached hydrogens (tertiary/aromatic N) is 5. The van der Waals surface area contributed by atoms with Crippen molar-refractivity contribution in [1.82, 2.24) is 24.8 Å². The van der Waals surface area contributed by atoms with Gasteiger partial charge in [0.1, 0.15) is 17.3 Å². The molecule has 3 heterocycles. The highest BCUT2D eigenvalue weighted by atomic mass is 35.5. The molecule has 0 bridgehead atoms. The molecule has 1 aliphatic rings. The molecule has 9 heteroatoms. The minimum Gasteiger partial charge on any atom is -0.494 e. The standard InChI is InChI=1S/C17H18ClN7O/c1-24-8-11-13(7-14(18)21-17(11)23-24)20-12-6-4-5-10(15(12)26-3)16-19-9-25(2)22-16/h4-7,9H,8H2,1-3H3,(H2,20,21,23). The molecule has 0 radical (unpaired) electrons. The van der Waals surface area contributed by atoms with E-state index < -0.39 is 0 Å². The minimum absolute atomic E-state index is 0.413. The maximum atomic E-state index is 6.18. The molecule has 0 saturated heterocycles. The van der Waals surface area contributed by atoms with Gasteiger partial charge in [0.2, 0.25) is 0 Å². The molecule has 0 amide bonds. The average molecular weight is 372 g/mol. The summed E-state index contributed by atoms with van der Waals surface area (Å²) in [6.07, 6.45) is 1.66. The molecular weight excluding hydrogens is 354 g/mol. The van der Waals surface area contributed by atoms with Gasteiger partial charge in [-0.1, -0.05) is 17.7 Å². The molecule has 0 unspecified atom stereocenters. The zero-order chi connectivity index (χ0) is 18.3. The zero-order valence-electron chi connectivity index (χ0n) is 14.6. The van der Waals surface area contributed by atoms with Crippen LogP contribution >= 0.6 is 11.6 Å². The highest BCUT2D eigenvalue weighted by molar-refractivity contribution is 6.29. The minimum atomic E-state index is 0.413. The molecule has 134 valence electrons. The number of halogens is 1. The summed E-state index contributed by atoms with van der Waals surface area (Å²) in [7, 11) is 5.41. The Morgan fingerprint density at radius 1 is 1.27 bits per heavy atom. The molecule has 0 aliphatic carbocycles. The molecule has 26 heavy (non-hydrogen) atoms. The van der Waals surface area contributed by atoms with Crippen molar-refractivity contribution in [3.63, 3.8) is 0 Å². The summed E-state index contributed by atoms with van der Waals surface area (Å²) in [5, 5.41) is 10.2. The molecule has 1 aromatic carbocycles. The Bertz CT molecular complexity index is 972. The van der Waals surface area contributed by atoms with Crippen LogP contribution in [0.1, 0.15) is 5.56 Å². The quantitative estimate of drug-likeness (QED) is 0.682. The third-order valence-corrected chi connectivity index (χ3v) is 4.31. The van der Waals surface area contributed by atoms with E-state index in [0.717, 1.165) is 28.3 Å². The molecule has 2 aromatic heterocycles. The van der Waals surface area contributed by atoms with Crippen molar-refractivity contribution >= 4 is 28.8 Å². The van der Waals surface area contributed by atoms with E-state index in [1.165, 1.54) is 0 Å². The number of fused-ring (bicyclic) bond motifs is 1. The first-order valence-electron chi connectivity index (χ1n) is 8.02. The maximum absolute atomic E-state index is 6.18. The zero-order valence-corrected chi connectivity index (χ0v) is 15.4. The van der Waals surface area contributed by atoms with E-state index in [2.05, 4.69) is 25.8 Å². The lowest BCUT2D eigenvalue weighted by Crippen LogP contribution is -2.17. The lowest BCUT2D eigenvalue weighted by molar-refractivity contribution is 0.418. The van der Waals surface area contributed by atoms with Crippen molar-refractivity contribution in [2.75, 3.05) is 24.9 Å². The summed E-state index contributed by atoms with van der Waals surface area (Å²) >= 11 is 6.18. The number of hydrogen-bond acceptors (Lipinski definition) is 7. The SMILES string of the molecule is COc1c(Nc2cc(Cl)nc3c2CN(C)N3)cccc1-c1ncn(C)n1. The Morgan fingerprint density at radius 2 is 2.12 bits per heavy atom. The Hall–Kier alpha value is -2.84. The Morgan fingerprint density at radius 3 is 2.85 bits per heavy atom. The molecule has 8 nitrogen and oxygen atoms in total. The summed E-state index contributed by atoms with van der Waals surface area (Å²) in [6, 6.07) is 7.62. The molecule has 0 atom stereocenters. The number of nitrogens with one attached hydrogen (secondary N) is 2. The second kappa shape index (κ2) is 6.47. The average Bonchev–Trinajstić information content (AvgIpc) is 3.19. The van der Waals surface area contributed by atoms with Crippen LogP contribution in [0.3, 0.4) is 0 Å². The van der Waals surface area contributed by atoms with E-state index >= 15 is 0 Å². The Kier molecular flexibility index (Phi) is 4.14. The molecule has 0 fully saturated rings. The van der Waals surface area contributed by atoms with Crippen molar-refractivity contribution < 1.29 is 4.74 Å². The first kappa shape index (κ1) is 16.6. The second-order valence-corrected chi connectivity index (χ2v) is 6.43. The van der Waals surface area contributed by atoms with Crippen LogP contribution in [-0.2, 0) is 13.6 Å². The number of rotatable bonds is 4. The molecular formula is C17H18ClN7O. The summed E-state index contributed by atoms with van der Waals surface area (Å²) in [4.78, 5) is 8.66. The first-order chi connectivity index (χ1) is 12.5. The van der Waals surface area contributed by atoms with Crippen LogP contribution in [0.25, 0.3) is 11.4 Å². The van der Waals surface area contributed by atoms with Gasteiger partial charge in [-0.2, -0.15) is 5.10 Å². The molecule has 3 aromatic rings. The van der Waals surface area contributed by atoms with E-state index in [1.807, 2.05) is 43.4 Å². The van der Waals surface area contributed by atoms with E-state index in [4.69, 9.17) is 16.3 Å². The summed E-state index contributed by atoms with van der Waals surface area (Å²) in [5.74, 6) is 2.02. The van der Waals surface area contributed by atoms with Crippen molar-refractivity contribution in [3.05, 3.63) is 41.3 Å². The normalized spacial score (nSPS) is 13.4. The monoisotopic (exact) mass is 371 g/mol. The highest BCUT2D eigenvalue weighted by Crippen LogP contribution is 2.39. The number of anilines is 3. The number of benzene rings is 1. The van der Waals surface area contributed by atoms with Crippen LogP contribution in [-0.4, -0.2) is 38.9 Å². The van der Waals surface area contributed by atoms with Crippen molar-refractivity contribution in [2.45, 2.75) is 6.54 Å². The molecule has 2 N–H and O–H groups in total. The van der Waals surface area contributed by atoms with E-state index in [-0.39, 0.29) is 0 Å². The van der Waals surface area contributed by atoms with Gasteiger partial charge in [-0.15, -0.1) is 0 Å². The summed E-state index contributed by atoms with van der Waals surface area (Å²) in [5.41, 5.74) is 6.71. The van der Waals surface area contributed by atoms with Crippen molar-refractivity contribution in [2.24, 2.45) is 7.05 Å². The van der Waals surface area contributed by atoms with Crippen LogP contribution < -0.4 is 15.5 Å². The van der Waals surface area contributed by atoms with Crippen LogP contribution in [0.2, 0.25) is 5.15 Å². The number of para-hydroxylation sites is 1. The fraction of sp³-hybridized carbons (Fsp3) is 0.235. The van der Waals surface area contributed by atoms with Crippen molar-refractivity contribution in [1.29, 1.82) is 0 Å². The number of aromatic nitrogens is 4. The third-order valence-electron chi connectivity index (χ3n) is 4.11. The predicted molar refractivity (Wildman–Crippen MR) is 101 cm³/mol. The molecule has 0 saturated carbocycles. The number of ether oxygens (including phenoxy) is 1. The smallest absolute Gasteiger partial charge is 0.184 e. The van der Waals surface area contributed by atoms with Gasteiger partial charge >= 0.3 is 0 Å². The second-order valence-electron chi connectivity index (χ2n) is 6.04. The highest BCUT2D eigenvalue weighted by Gasteiger charge is 2.22. The van der Waals surface area contributed by atoms with Crippen LogP contribution in [0.5, 0.6) is 5.75 Å². The number of methoxy groups -OCH3 is 1. The van der Waals surface area contributed by atoms with Gasteiger partial charge in [-0.05, 0) is 18.2 Å². The fourth-order valence-corrected chi connectivity index (χ4v) is 3.19. The van der Waals surface area contributed by atoms with E-state index in [1.54, 1.807) is 18.1 Å². The van der Waals surface area contributed by atoms with Gasteiger partial charge in [0.05, 0.1) is 18.4 Å². The van der Waals surface area contributed by atoms with Gasteiger partial charge in [0.25, 0.3) is 0 Å². The van der Waals surface area contributed by atoms with Crippen LogP contribution in [0.4, 0.5) is 17.2 Å². The Balaban J connectivity index is 1.76. The molecule has 4 rings (SSSR count). The van der Waals surface area contributed by atoms with Gasteiger partial charge in [-0.3, -0.25) is 4.68 Å². The topological polar surface area (TPSA) is 80.1 Å². The van der Waals surface area contributed by atoms with Crippen molar-refractivity contribution in [3.8, 4) is 17.1 Å². The Labute approximate surface area is 155 Å². The number of hydrazine groups is 1. The summed E-state index contributed by atoms with van der Waals surface area (Å²) in [6.45, 7) is 0.714. The van der Waals surface area contributed by atoms with E-state index in [0.29, 0.717) is 23.3 Å². The number of hydrogen-bond donors (Lipinski definition) is 2. The lowest BCUT2D eigenvalue weighted by Gasteiger charge is -2.15.